The van der Waals surface area contributed by atoms with Crippen LogP contribution in [0.25, 0.3) is 0 Å². The summed E-state index contributed by atoms with van der Waals surface area (Å²) >= 11 is 0. The summed E-state index contributed by atoms with van der Waals surface area (Å²) in [4.78, 5) is 11.7. The highest BCUT2D eigenvalue weighted by atomic mass is 16.5. The van der Waals surface area contributed by atoms with Gasteiger partial charge in [-0.25, -0.2) is 9.97 Å². The zero-order valence-electron chi connectivity index (χ0n) is 13.9. The molecule has 0 aromatic carbocycles. The second kappa shape index (κ2) is 7.07. The number of rotatable bonds is 5. The van der Waals surface area contributed by atoms with Crippen molar-refractivity contribution in [2.45, 2.75) is 59.6 Å². The van der Waals surface area contributed by atoms with Gasteiger partial charge in [-0.3, -0.25) is 0 Å². The van der Waals surface area contributed by atoms with E-state index in [9.17, 15) is 0 Å². The molecular weight excluding hydrogens is 264 g/mol. The van der Waals surface area contributed by atoms with E-state index in [4.69, 9.17) is 9.72 Å². The maximum absolute atomic E-state index is 5.80. The fourth-order valence-electron chi connectivity index (χ4n) is 2.75. The SMILES string of the molecule is CCCNc1nc(C)nc(N2CC(C)OCC2CC)c1C. The third kappa shape index (κ3) is 3.64. The Labute approximate surface area is 128 Å². The minimum Gasteiger partial charge on any atom is -0.375 e. The fraction of sp³-hybridized carbons (Fsp3) is 0.750. The van der Waals surface area contributed by atoms with Crippen molar-refractivity contribution < 1.29 is 4.74 Å². The van der Waals surface area contributed by atoms with E-state index in [1.54, 1.807) is 0 Å². The third-order valence-corrected chi connectivity index (χ3v) is 3.99. The lowest BCUT2D eigenvalue weighted by Gasteiger charge is -2.40. The fourth-order valence-corrected chi connectivity index (χ4v) is 2.75. The molecule has 1 aromatic rings. The lowest BCUT2D eigenvalue weighted by Crippen LogP contribution is -2.49. The largest absolute Gasteiger partial charge is 0.375 e. The van der Waals surface area contributed by atoms with Crippen LogP contribution in [0, 0.1) is 13.8 Å². The first kappa shape index (κ1) is 16.0. The summed E-state index contributed by atoms with van der Waals surface area (Å²) in [5.74, 6) is 2.85. The van der Waals surface area contributed by atoms with Crippen molar-refractivity contribution in [3.8, 4) is 0 Å². The van der Waals surface area contributed by atoms with E-state index in [1.807, 2.05) is 6.92 Å². The van der Waals surface area contributed by atoms with Crippen molar-refractivity contribution in [2.24, 2.45) is 0 Å². The van der Waals surface area contributed by atoms with E-state index < -0.39 is 0 Å². The van der Waals surface area contributed by atoms with Crippen molar-refractivity contribution in [1.29, 1.82) is 0 Å². The summed E-state index contributed by atoms with van der Waals surface area (Å²) in [5.41, 5.74) is 1.14. The van der Waals surface area contributed by atoms with Gasteiger partial charge in [-0.05, 0) is 33.6 Å². The van der Waals surface area contributed by atoms with E-state index in [0.717, 1.165) is 55.6 Å². The summed E-state index contributed by atoms with van der Waals surface area (Å²) in [5, 5.41) is 3.42. The van der Waals surface area contributed by atoms with Crippen LogP contribution in [-0.4, -0.2) is 41.8 Å². The van der Waals surface area contributed by atoms with Gasteiger partial charge < -0.3 is 15.0 Å². The third-order valence-electron chi connectivity index (χ3n) is 3.99. The molecule has 5 heteroatoms. The lowest BCUT2D eigenvalue weighted by molar-refractivity contribution is 0.0295. The van der Waals surface area contributed by atoms with Crippen LogP contribution >= 0.6 is 0 Å². The molecule has 0 amide bonds. The van der Waals surface area contributed by atoms with Crippen molar-refractivity contribution in [3.63, 3.8) is 0 Å². The van der Waals surface area contributed by atoms with Crippen LogP contribution in [0.5, 0.6) is 0 Å². The number of ether oxygens (including phenoxy) is 1. The van der Waals surface area contributed by atoms with Crippen LogP contribution in [0.3, 0.4) is 0 Å². The van der Waals surface area contributed by atoms with Crippen molar-refractivity contribution in [2.75, 3.05) is 29.9 Å². The van der Waals surface area contributed by atoms with Crippen LogP contribution in [-0.2, 0) is 4.74 Å². The second-order valence-corrected chi connectivity index (χ2v) is 5.85. The minimum atomic E-state index is 0.245. The highest BCUT2D eigenvalue weighted by Crippen LogP contribution is 2.28. The molecule has 0 bridgehead atoms. The predicted octanol–water partition coefficient (Wildman–Crippen LogP) is 2.92. The maximum Gasteiger partial charge on any atom is 0.137 e. The summed E-state index contributed by atoms with van der Waals surface area (Å²) < 4.78 is 5.80. The zero-order chi connectivity index (χ0) is 15.4. The molecule has 2 unspecified atom stereocenters. The number of hydrogen-bond acceptors (Lipinski definition) is 5. The summed E-state index contributed by atoms with van der Waals surface area (Å²) in [6.07, 6.45) is 2.39. The first-order chi connectivity index (χ1) is 10.1. The van der Waals surface area contributed by atoms with Crippen LogP contribution in [0.4, 0.5) is 11.6 Å². The molecule has 0 spiro atoms. The van der Waals surface area contributed by atoms with Gasteiger partial charge in [0.2, 0.25) is 0 Å². The molecule has 1 aromatic heterocycles. The quantitative estimate of drug-likeness (QED) is 0.904. The molecule has 1 aliphatic rings. The summed E-state index contributed by atoms with van der Waals surface area (Å²) in [6.45, 7) is 13.2. The molecule has 118 valence electrons. The Balaban J connectivity index is 2.34. The highest BCUT2D eigenvalue weighted by Gasteiger charge is 2.28. The van der Waals surface area contributed by atoms with Crippen LogP contribution < -0.4 is 10.2 Å². The van der Waals surface area contributed by atoms with E-state index in [-0.39, 0.29) is 6.10 Å². The molecule has 0 saturated carbocycles. The number of aromatic nitrogens is 2. The van der Waals surface area contributed by atoms with Gasteiger partial charge >= 0.3 is 0 Å². The maximum atomic E-state index is 5.80. The Morgan fingerprint density at radius 1 is 1.29 bits per heavy atom. The van der Waals surface area contributed by atoms with Gasteiger partial charge in [0.05, 0.1) is 18.8 Å². The first-order valence-corrected chi connectivity index (χ1v) is 8.04. The number of morpholine rings is 1. The minimum absolute atomic E-state index is 0.245. The first-order valence-electron chi connectivity index (χ1n) is 8.04. The number of nitrogens with zero attached hydrogens (tertiary/aromatic N) is 3. The normalized spacial score (nSPS) is 22.4. The average molecular weight is 292 g/mol. The number of aryl methyl sites for hydroxylation is 1. The average Bonchev–Trinajstić information content (AvgIpc) is 2.47. The molecule has 0 radical (unpaired) electrons. The van der Waals surface area contributed by atoms with Gasteiger partial charge in [0, 0.05) is 18.7 Å². The van der Waals surface area contributed by atoms with E-state index in [2.05, 4.69) is 42.9 Å². The van der Waals surface area contributed by atoms with Crippen molar-refractivity contribution in [1.82, 2.24) is 9.97 Å². The number of anilines is 2. The van der Waals surface area contributed by atoms with Gasteiger partial charge in [-0.2, -0.15) is 0 Å². The zero-order valence-corrected chi connectivity index (χ0v) is 13.9. The summed E-state index contributed by atoms with van der Waals surface area (Å²) in [6, 6.07) is 0.397. The molecule has 2 heterocycles. The molecule has 2 atom stereocenters. The molecule has 21 heavy (non-hydrogen) atoms. The van der Waals surface area contributed by atoms with Crippen LogP contribution in [0.1, 0.15) is 45.0 Å². The molecular formula is C16H28N4O. The predicted molar refractivity (Wildman–Crippen MR) is 87.1 cm³/mol. The Morgan fingerprint density at radius 3 is 2.71 bits per heavy atom. The molecule has 1 aliphatic heterocycles. The molecule has 1 N–H and O–H groups in total. The van der Waals surface area contributed by atoms with Crippen LogP contribution in [0.15, 0.2) is 0 Å². The summed E-state index contributed by atoms with van der Waals surface area (Å²) in [7, 11) is 0. The van der Waals surface area contributed by atoms with E-state index in [0.29, 0.717) is 6.04 Å². The van der Waals surface area contributed by atoms with Crippen molar-refractivity contribution in [3.05, 3.63) is 11.4 Å². The Bertz CT molecular complexity index is 478. The van der Waals surface area contributed by atoms with E-state index in [1.165, 1.54) is 0 Å². The molecule has 5 nitrogen and oxygen atoms in total. The Hall–Kier alpha value is -1.36. The molecule has 0 aliphatic carbocycles. The smallest absolute Gasteiger partial charge is 0.137 e. The standard InChI is InChI=1S/C16H28N4O/c1-6-8-17-15-12(4)16(19-13(5)18-15)20-9-11(3)21-10-14(20)7-2/h11,14H,6-10H2,1-5H3,(H,17,18,19). The second-order valence-electron chi connectivity index (χ2n) is 5.85. The van der Waals surface area contributed by atoms with Gasteiger partial charge in [-0.15, -0.1) is 0 Å². The van der Waals surface area contributed by atoms with Gasteiger partial charge in [-0.1, -0.05) is 13.8 Å². The van der Waals surface area contributed by atoms with Crippen LogP contribution in [0.2, 0.25) is 0 Å². The lowest BCUT2D eigenvalue weighted by atomic mass is 10.1. The van der Waals surface area contributed by atoms with Crippen molar-refractivity contribution >= 4 is 11.6 Å². The Kier molecular flexibility index (Phi) is 5.39. The monoisotopic (exact) mass is 292 g/mol. The van der Waals surface area contributed by atoms with Gasteiger partial charge in [0.15, 0.2) is 0 Å². The van der Waals surface area contributed by atoms with Gasteiger partial charge in [0.1, 0.15) is 17.5 Å². The van der Waals surface area contributed by atoms with E-state index >= 15 is 0 Å². The molecule has 2 rings (SSSR count). The molecule has 1 fully saturated rings. The topological polar surface area (TPSA) is 50.3 Å². The highest BCUT2D eigenvalue weighted by molar-refractivity contribution is 5.59. The number of nitrogens with one attached hydrogen (secondary N) is 1. The Morgan fingerprint density at radius 2 is 2.05 bits per heavy atom. The molecule has 1 saturated heterocycles. The van der Waals surface area contributed by atoms with Gasteiger partial charge in [0.25, 0.3) is 0 Å². The number of hydrogen-bond donors (Lipinski definition) is 1.